The van der Waals surface area contributed by atoms with Crippen molar-refractivity contribution in [1.29, 1.82) is 0 Å². The van der Waals surface area contributed by atoms with Gasteiger partial charge in [0.25, 0.3) is 0 Å². The van der Waals surface area contributed by atoms with Crippen LogP contribution in [0, 0.1) is 0 Å². The first kappa shape index (κ1) is 15.6. The number of rotatable bonds is 1. The Morgan fingerprint density at radius 2 is 2.09 bits per heavy atom. The number of aromatic nitrogens is 3. The number of carbonyl (C=O) groups excluding carboxylic acids is 1. The number of amides is 1. The van der Waals surface area contributed by atoms with Crippen LogP contribution in [0.15, 0.2) is 18.3 Å². The highest BCUT2D eigenvalue weighted by atomic mass is 16.6. The molecule has 2 aromatic rings. The Kier molecular flexibility index (Phi) is 4.11. The van der Waals surface area contributed by atoms with E-state index >= 15 is 0 Å². The molecule has 0 aromatic carbocycles. The first-order valence-electron chi connectivity index (χ1n) is 7.96. The number of aromatic amines is 1. The van der Waals surface area contributed by atoms with E-state index in [1.807, 2.05) is 32.9 Å². The lowest BCUT2D eigenvalue weighted by molar-refractivity contribution is 0.0263. The number of nitrogens with zero attached hydrogens (tertiary/aromatic N) is 4. The van der Waals surface area contributed by atoms with Crippen molar-refractivity contribution in [3.05, 3.63) is 18.3 Å². The Balaban J connectivity index is 1.67. The van der Waals surface area contributed by atoms with Crippen LogP contribution in [-0.2, 0) is 4.74 Å². The van der Waals surface area contributed by atoms with Crippen molar-refractivity contribution in [1.82, 2.24) is 19.9 Å². The first-order chi connectivity index (χ1) is 10.9. The molecule has 1 fully saturated rings. The number of pyridine rings is 1. The first-order valence-corrected chi connectivity index (χ1v) is 7.96. The Labute approximate surface area is 135 Å². The molecule has 0 aliphatic carbocycles. The normalized spacial score (nSPS) is 16.5. The van der Waals surface area contributed by atoms with Gasteiger partial charge in [0.15, 0.2) is 5.65 Å². The lowest BCUT2D eigenvalue weighted by Gasteiger charge is -2.26. The SMILES string of the molecule is CC(C)(C)OC(=O)N1CCCN(c2nc3ncccc3[nH]2)CC1. The van der Waals surface area contributed by atoms with E-state index in [9.17, 15) is 4.79 Å². The summed E-state index contributed by atoms with van der Waals surface area (Å²) >= 11 is 0. The second-order valence-corrected chi connectivity index (χ2v) is 6.74. The standard InChI is InChI=1S/C16H23N5O2/c1-16(2,3)23-15(22)21-9-5-8-20(10-11-21)14-18-12-6-4-7-17-13(12)19-14/h4,6-7H,5,8-11H2,1-3H3,(H,17,18,19). The smallest absolute Gasteiger partial charge is 0.410 e. The van der Waals surface area contributed by atoms with Crippen molar-refractivity contribution in [3.8, 4) is 0 Å². The average Bonchev–Trinajstić information content (AvgIpc) is 2.74. The molecule has 0 unspecified atom stereocenters. The van der Waals surface area contributed by atoms with Crippen LogP contribution >= 0.6 is 0 Å². The largest absolute Gasteiger partial charge is 0.444 e. The Morgan fingerprint density at radius 1 is 1.26 bits per heavy atom. The van der Waals surface area contributed by atoms with E-state index < -0.39 is 5.60 Å². The summed E-state index contributed by atoms with van der Waals surface area (Å²) in [6.45, 7) is 8.55. The second kappa shape index (κ2) is 6.06. The minimum Gasteiger partial charge on any atom is -0.444 e. The van der Waals surface area contributed by atoms with Gasteiger partial charge >= 0.3 is 6.09 Å². The van der Waals surface area contributed by atoms with Gasteiger partial charge in [-0.15, -0.1) is 0 Å². The van der Waals surface area contributed by atoms with Gasteiger partial charge in [0.2, 0.25) is 5.95 Å². The maximum Gasteiger partial charge on any atom is 0.410 e. The molecular weight excluding hydrogens is 294 g/mol. The molecule has 23 heavy (non-hydrogen) atoms. The molecule has 0 saturated carbocycles. The molecule has 2 aromatic heterocycles. The Hall–Kier alpha value is -2.31. The predicted octanol–water partition coefficient (Wildman–Crippen LogP) is 2.41. The number of hydrogen-bond acceptors (Lipinski definition) is 5. The van der Waals surface area contributed by atoms with Crippen LogP contribution in [0.2, 0.25) is 0 Å². The molecular formula is C16H23N5O2. The lowest BCUT2D eigenvalue weighted by Crippen LogP contribution is -2.39. The summed E-state index contributed by atoms with van der Waals surface area (Å²) in [7, 11) is 0. The number of anilines is 1. The van der Waals surface area contributed by atoms with Gasteiger partial charge in [0, 0.05) is 32.4 Å². The summed E-state index contributed by atoms with van der Waals surface area (Å²) in [6, 6.07) is 3.85. The Bertz CT molecular complexity index is 658. The van der Waals surface area contributed by atoms with Gasteiger partial charge in [-0.1, -0.05) is 0 Å². The van der Waals surface area contributed by atoms with Crippen LogP contribution in [-0.4, -0.2) is 57.7 Å². The monoisotopic (exact) mass is 317 g/mol. The summed E-state index contributed by atoms with van der Waals surface area (Å²) < 4.78 is 5.46. The van der Waals surface area contributed by atoms with Gasteiger partial charge in [0.05, 0.1) is 5.52 Å². The third kappa shape index (κ3) is 3.72. The molecule has 1 saturated heterocycles. The average molecular weight is 317 g/mol. The fourth-order valence-corrected chi connectivity index (χ4v) is 2.62. The zero-order chi connectivity index (χ0) is 16.4. The molecule has 7 nitrogen and oxygen atoms in total. The zero-order valence-electron chi connectivity index (χ0n) is 13.9. The number of nitrogens with one attached hydrogen (secondary N) is 1. The maximum absolute atomic E-state index is 12.2. The van der Waals surface area contributed by atoms with E-state index in [4.69, 9.17) is 4.74 Å². The maximum atomic E-state index is 12.2. The van der Waals surface area contributed by atoms with Gasteiger partial charge in [-0.2, -0.15) is 4.98 Å². The van der Waals surface area contributed by atoms with Crippen LogP contribution in [0.1, 0.15) is 27.2 Å². The third-order valence-electron chi connectivity index (χ3n) is 3.69. The molecule has 3 heterocycles. The van der Waals surface area contributed by atoms with Crippen LogP contribution in [0.5, 0.6) is 0 Å². The number of carbonyl (C=O) groups is 1. The highest BCUT2D eigenvalue weighted by Crippen LogP contribution is 2.18. The van der Waals surface area contributed by atoms with Crippen LogP contribution in [0.4, 0.5) is 10.7 Å². The van der Waals surface area contributed by atoms with E-state index in [1.54, 1.807) is 11.1 Å². The van der Waals surface area contributed by atoms with Crippen molar-refractivity contribution in [2.24, 2.45) is 0 Å². The molecule has 0 spiro atoms. The van der Waals surface area contributed by atoms with Gasteiger partial charge in [-0.25, -0.2) is 9.78 Å². The molecule has 124 valence electrons. The molecule has 1 N–H and O–H groups in total. The van der Waals surface area contributed by atoms with Crippen LogP contribution in [0.3, 0.4) is 0 Å². The molecule has 7 heteroatoms. The third-order valence-corrected chi connectivity index (χ3v) is 3.69. The number of fused-ring (bicyclic) bond motifs is 1. The molecule has 0 radical (unpaired) electrons. The summed E-state index contributed by atoms with van der Waals surface area (Å²) in [5.74, 6) is 0.810. The van der Waals surface area contributed by atoms with E-state index in [-0.39, 0.29) is 6.09 Å². The van der Waals surface area contributed by atoms with E-state index in [0.29, 0.717) is 13.1 Å². The fourth-order valence-electron chi connectivity index (χ4n) is 2.62. The van der Waals surface area contributed by atoms with Crippen molar-refractivity contribution in [2.75, 3.05) is 31.1 Å². The summed E-state index contributed by atoms with van der Waals surface area (Å²) in [6.07, 6.45) is 2.37. The number of imidazole rings is 1. The van der Waals surface area contributed by atoms with Gasteiger partial charge in [0.1, 0.15) is 5.60 Å². The minimum atomic E-state index is -0.465. The van der Waals surface area contributed by atoms with Gasteiger partial charge in [-0.05, 0) is 39.3 Å². The molecule has 1 aliphatic heterocycles. The fraction of sp³-hybridized carbons (Fsp3) is 0.562. The van der Waals surface area contributed by atoms with Gasteiger partial charge < -0.3 is 19.5 Å². The van der Waals surface area contributed by atoms with Crippen LogP contribution < -0.4 is 4.90 Å². The van der Waals surface area contributed by atoms with Crippen molar-refractivity contribution in [2.45, 2.75) is 32.8 Å². The van der Waals surface area contributed by atoms with E-state index in [2.05, 4.69) is 19.9 Å². The van der Waals surface area contributed by atoms with Crippen LogP contribution in [0.25, 0.3) is 11.2 Å². The summed E-state index contributed by atoms with van der Waals surface area (Å²) in [5, 5.41) is 0. The predicted molar refractivity (Wildman–Crippen MR) is 88.5 cm³/mol. The summed E-state index contributed by atoms with van der Waals surface area (Å²) in [5.41, 5.74) is 1.18. The van der Waals surface area contributed by atoms with Crippen molar-refractivity contribution in [3.63, 3.8) is 0 Å². The Morgan fingerprint density at radius 3 is 2.83 bits per heavy atom. The van der Waals surface area contributed by atoms with Crippen molar-refractivity contribution >= 4 is 23.2 Å². The van der Waals surface area contributed by atoms with Crippen molar-refractivity contribution < 1.29 is 9.53 Å². The second-order valence-electron chi connectivity index (χ2n) is 6.74. The molecule has 0 bridgehead atoms. The number of H-pyrrole nitrogens is 1. The quantitative estimate of drug-likeness (QED) is 0.874. The van der Waals surface area contributed by atoms with Gasteiger partial charge in [-0.3, -0.25) is 0 Å². The zero-order valence-corrected chi connectivity index (χ0v) is 13.9. The highest BCUT2D eigenvalue weighted by molar-refractivity contribution is 5.73. The topological polar surface area (TPSA) is 74.3 Å². The molecule has 1 amide bonds. The lowest BCUT2D eigenvalue weighted by atomic mass is 10.2. The highest BCUT2D eigenvalue weighted by Gasteiger charge is 2.25. The molecule has 0 atom stereocenters. The number of ether oxygens (including phenoxy) is 1. The van der Waals surface area contributed by atoms with E-state index in [0.717, 1.165) is 36.6 Å². The number of hydrogen-bond donors (Lipinski definition) is 1. The minimum absolute atomic E-state index is 0.245. The molecule has 3 rings (SSSR count). The van der Waals surface area contributed by atoms with E-state index in [1.165, 1.54) is 0 Å². The molecule has 1 aliphatic rings. The summed E-state index contributed by atoms with van der Waals surface area (Å²) in [4.78, 5) is 28.2.